The lowest BCUT2D eigenvalue weighted by atomic mass is 9.97. The van der Waals surface area contributed by atoms with Crippen LogP contribution >= 0.6 is 0 Å². The van der Waals surface area contributed by atoms with Gasteiger partial charge < -0.3 is 5.11 Å². The van der Waals surface area contributed by atoms with Crippen LogP contribution in [0.2, 0.25) is 0 Å². The van der Waals surface area contributed by atoms with Crippen LogP contribution < -0.4 is 4.90 Å². The van der Waals surface area contributed by atoms with Crippen LogP contribution in [-0.4, -0.2) is 23.5 Å². The quantitative estimate of drug-likeness (QED) is 0.610. The summed E-state index contributed by atoms with van der Waals surface area (Å²) in [5.41, 5.74) is 1.22. The van der Waals surface area contributed by atoms with E-state index in [1.165, 1.54) is 4.90 Å². The van der Waals surface area contributed by atoms with Gasteiger partial charge in [-0.1, -0.05) is 24.8 Å². The number of carbonyl (C=O) groups is 2. The summed E-state index contributed by atoms with van der Waals surface area (Å²) in [4.78, 5) is 25.2. The van der Waals surface area contributed by atoms with Crippen LogP contribution in [0.25, 0.3) is 0 Å². The van der Waals surface area contributed by atoms with E-state index in [-0.39, 0.29) is 24.3 Å². The second kappa shape index (κ2) is 5.68. The number of hydrogen-bond acceptors (Lipinski definition) is 3. The van der Waals surface area contributed by atoms with Crippen molar-refractivity contribution in [1.29, 1.82) is 0 Å². The number of anilines is 1. The summed E-state index contributed by atoms with van der Waals surface area (Å²) < 4.78 is 0. The maximum absolute atomic E-state index is 12.0. The van der Waals surface area contributed by atoms with Gasteiger partial charge in [0.1, 0.15) is 6.61 Å². The number of aliphatic hydroxyl groups is 1. The molecular formula is C15H15NO3. The first-order valence-corrected chi connectivity index (χ1v) is 6.17. The summed E-state index contributed by atoms with van der Waals surface area (Å²) in [6.07, 6.45) is 0.774. The monoisotopic (exact) mass is 257 g/mol. The van der Waals surface area contributed by atoms with E-state index in [1.54, 1.807) is 24.3 Å². The highest BCUT2D eigenvalue weighted by atomic mass is 16.2. The fraction of sp³-hybridized carbons (Fsp3) is 0.333. The highest BCUT2D eigenvalue weighted by molar-refractivity contribution is 6.16. The lowest BCUT2D eigenvalue weighted by molar-refractivity contribution is -0.130. The molecular weight excluding hydrogens is 242 g/mol. The molecule has 0 bridgehead atoms. The van der Waals surface area contributed by atoms with Crippen molar-refractivity contribution < 1.29 is 14.7 Å². The molecule has 2 amide bonds. The SMILES string of the molecule is CC1CC(=O)N(c2cccc(C#CCO)c2)C(=O)C1. The van der Waals surface area contributed by atoms with E-state index in [1.807, 2.05) is 6.92 Å². The molecule has 1 N–H and O–H groups in total. The third kappa shape index (κ3) is 3.01. The number of benzene rings is 1. The predicted molar refractivity (Wildman–Crippen MR) is 71.3 cm³/mol. The zero-order chi connectivity index (χ0) is 13.8. The van der Waals surface area contributed by atoms with Crippen LogP contribution in [0.4, 0.5) is 5.69 Å². The maximum Gasteiger partial charge on any atom is 0.234 e. The standard InChI is InChI=1S/C15H15NO3/c1-11-8-14(18)16(15(19)9-11)13-6-2-4-12(10-13)5-3-7-17/h2,4,6,10-11,17H,7-9H2,1H3. The van der Waals surface area contributed by atoms with Crippen LogP contribution in [0, 0.1) is 17.8 Å². The van der Waals surface area contributed by atoms with Crippen LogP contribution in [-0.2, 0) is 9.59 Å². The number of amides is 2. The molecule has 2 rings (SSSR count). The van der Waals surface area contributed by atoms with Crippen molar-refractivity contribution in [2.75, 3.05) is 11.5 Å². The zero-order valence-corrected chi connectivity index (χ0v) is 10.7. The Morgan fingerprint density at radius 2 is 2.00 bits per heavy atom. The summed E-state index contributed by atoms with van der Waals surface area (Å²) in [6.45, 7) is 1.68. The molecule has 1 heterocycles. The first-order chi connectivity index (χ1) is 9.11. The molecule has 0 spiro atoms. The minimum atomic E-state index is -0.219. The van der Waals surface area contributed by atoms with Crippen molar-refractivity contribution in [1.82, 2.24) is 0 Å². The lowest BCUT2D eigenvalue weighted by Crippen LogP contribution is -2.42. The number of hydrogen-bond donors (Lipinski definition) is 1. The van der Waals surface area contributed by atoms with Gasteiger partial charge in [-0.05, 0) is 24.1 Å². The Kier molecular flexibility index (Phi) is 3.98. The second-order valence-electron chi connectivity index (χ2n) is 4.65. The Bertz CT molecular complexity index is 550. The summed E-state index contributed by atoms with van der Waals surface area (Å²) in [5.74, 6) is 5.07. The number of aliphatic hydroxyl groups excluding tert-OH is 1. The van der Waals surface area contributed by atoms with E-state index in [0.29, 0.717) is 24.1 Å². The molecule has 1 aliphatic heterocycles. The molecule has 0 unspecified atom stereocenters. The summed E-state index contributed by atoms with van der Waals surface area (Å²) in [7, 11) is 0. The van der Waals surface area contributed by atoms with Crippen molar-refractivity contribution in [3.8, 4) is 11.8 Å². The minimum Gasteiger partial charge on any atom is -0.384 e. The number of imide groups is 1. The van der Waals surface area contributed by atoms with Crippen LogP contribution in [0.5, 0.6) is 0 Å². The Labute approximate surface area is 112 Å². The van der Waals surface area contributed by atoms with Gasteiger partial charge in [-0.15, -0.1) is 0 Å². The molecule has 98 valence electrons. The summed E-state index contributed by atoms with van der Waals surface area (Å²) in [5, 5.41) is 8.67. The van der Waals surface area contributed by atoms with Crippen LogP contribution in [0.3, 0.4) is 0 Å². The Balaban J connectivity index is 2.31. The molecule has 0 aromatic heterocycles. The largest absolute Gasteiger partial charge is 0.384 e. The van der Waals surface area contributed by atoms with Crippen molar-refractivity contribution in [2.45, 2.75) is 19.8 Å². The highest BCUT2D eigenvalue weighted by Gasteiger charge is 2.31. The lowest BCUT2D eigenvalue weighted by Gasteiger charge is -2.28. The average Bonchev–Trinajstić information content (AvgIpc) is 2.35. The van der Waals surface area contributed by atoms with Crippen molar-refractivity contribution in [2.24, 2.45) is 5.92 Å². The first kappa shape index (κ1) is 13.3. The molecule has 4 nitrogen and oxygen atoms in total. The third-order valence-electron chi connectivity index (χ3n) is 2.96. The van der Waals surface area contributed by atoms with Gasteiger partial charge in [0.05, 0.1) is 5.69 Å². The summed E-state index contributed by atoms with van der Waals surface area (Å²) in [6, 6.07) is 6.92. The molecule has 1 aliphatic rings. The van der Waals surface area contributed by atoms with Gasteiger partial charge in [0, 0.05) is 18.4 Å². The van der Waals surface area contributed by atoms with E-state index in [0.717, 1.165) is 0 Å². The van der Waals surface area contributed by atoms with Gasteiger partial charge in [-0.25, -0.2) is 0 Å². The molecule has 19 heavy (non-hydrogen) atoms. The van der Waals surface area contributed by atoms with E-state index in [9.17, 15) is 9.59 Å². The normalized spacial score (nSPS) is 16.2. The molecule has 1 fully saturated rings. The molecule has 1 saturated heterocycles. The smallest absolute Gasteiger partial charge is 0.234 e. The molecule has 4 heteroatoms. The fourth-order valence-electron chi connectivity index (χ4n) is 2.14. The van der Waals surface area contributed by atoms with E-state index >= 15 is 0 Å². The zero-order valence-electron chi connectivity index (χ0n) is 10.7. The van der Waals surface area contributed by atoms with E-state index in [4.69, 9.17) is 5.11 Å². The number of rotatable bonds is 1. The van der Waals surface area contributed by atoms with Gasteiger partial charge in [0.2, 0.25) is 11.8 Å². The van der Waals surface area contributed by atoms with Gasteiger partial charge in [-0.2, -0.15) is 0 Å². The highest BCUT2D eigenvalue weighted by Crippen LogP contribution is 2.25. The number of carbonyl (C=O) groups excluding carboxylic acids is 2. The van der Waals surface area contributed by atoms with Crippen LogP contribution in [0.1, 0.15) is 25.3 Å². The minimum absolute atomic E-state index is 0.105. The topological polar surface area (TPSA) is 57.6 Å². The molecule has 1 aromatic carbocycles. The Morgan fingerprint density at radius 1 is 1.32 bits per heavy atom. The van der Waals surface area contributed by atoms with Crippen molar-refractivity contribution in [3.05, 3.63) is 29.8 Å². The van der Waals surface area contributed by atoms with Gasteiger partial charge in [-0.3, -0.25) is 14.5 Å². The molecule has 0 atom stereocenters. The second-order valence-corrected chi connectivity index (χ2v) is 4.65. The first-order valence-electron chi connectivity index (χ1n) is 6.17. The Morgan fingerprint density at radius 3 is 2.63 bits per heavy atom. The number of nitrogens with zero attached hydrogens (tertiary/aromatic N) is 1. The van der Waals surface area contributed by atoms with Crippen LogP contribution in [0.15, 0.2) is 24.3 Å². The van der Waals surface area contributed by atoms with Crippen molar-refractivity contribution >= 4 is 17.5 Å². The van der Waals surface area contributed by atoms with E-state index < -0.39 is 0 Å². The maximum atomic E-state index is 12.0. The molecule has 0 saturated carbocycles. The predicted octanol–water partition coefficient (Wildman–Crippen LogP) is 1.32. The van der Waals surface area contributed by atoms with Gasteiger partial charge in [0.25, 0.3) is 0 Å². The third-order valence-corrected chi connectivity index (χ3v) is 2.96. The molecule has 0 aliphatic carbocycles. The molecule has 0 radical (unpaired) electrons. The Hall–Kier alpha value is -2.12. The average molecular weight is 257 g/mol. The number of piperidine rings is 1. The van der Waals surface area contributed by atoms with Gasteiger partial charge in [0.15, 0.2) is 0 Å². The fourth-order valence-corrected chi connectivity index (χ4v) is 2.14. The van der Waals surface area contributed by atoms with Crippen molar-refractivity contribution in [3.63, 3.8) is 0 Å². The van der Waals surface area contributed by atoms with Gasteiger partial charge >= 0.3 is 0 Å². The van der Waals surface area contributed by atoms with E-state index in [2.05, 4.69) is 11.8 Å². The summed E-state index contributed by atoms with van der Waals surface area (Å²) >= 11 is 0. The molecule has 1 aromatic rings.